The molecule has 0 fully saturated rings. The molecular formula is C40H50F4N6O7SSi2. The van der Waals surface area contributed by atoms with E-state index in [1.54, 1.807) is 49.4 Å². The van der Waals surface area contributed by atoms with E-state index in [0.29, 0.717) is 24.3 Å². The van der Waals surface area contributed by atoms with Crippen molar-refractivity contribution in [2.45, 2.75) is 89.1 Å². The van der Waals surface area contributed by atoms with Crippen molar-refractivity contribution in [2.24, 2.45) is 0 Å². The summed E-state index contributed by atoms with van der Waals surface area (Å²) in [6, 6.07) is 16.2. The van der Waals surface area contributed by atoms with Crippen LogP contribution in [0.2, 0.25) is 51.4 Å². The van der Waals surface area contributed by atoms with Crippen LogP contribution in [-0.2, 0) is 39.2 Å². The average Bonchev–Trinajstić information content (AvgIpc) is 3.51. The fourth-order valence-electron chi connectivity index (χ4n) is 5.92. The van der Waals surface area contributed by atoms with Gasteiger partial charge in [0.15, 0.2) is 35.5 Å². The summed E-state index contributed by atoms with van der Waals surface area (Å²) in [5.74, 6) is -3.48. The number of sulfonamides is 1. The Hall–Kier alpha value is -4.90. The van der Waals surface area contributed by atoms with Gasteiger partial charge in [0.25, 0.3) is 10.0 Å². The SMILES string of the molecule is Cc1ccccc1S(=O)(=O)Nc1ccccc1CNc1nc(-c2cc(F)c(OCOCC[Si](C)(C)C)cc2CC(F)(F)F)nc2c1c(C(=O)O)nn2COCC[Si](C)(C)C. The number of carbonyl (C=O) groups is 1. The highest BCUT2D eigenvalue weighted by atomic mass is 32.2. The van der Waals surface area contributed by atoms with Crippen molar-refractivity contribution in [1.29, 1.82) is 0 Å². The first kappa shape index (κ1) is 46.2. The lowest BCUT2D eigenvalue weighted by molar-refractivity contribution is -0.127. The van der Waals surface area contributed by atoms with Crippen LogP contribution in [0.5, 0.6) is 5.75 Å². The van der Waals surface area contributed by atoms with Gasteiger partial charge >= 0.3 is 12.1 Å². The summed E-state index contributed by atoms with van der Waals surface area (Å²) in [5.41, 5.74) is -0.240. The number of aromatic nitrogens is 4. The number of nitrogens with zero attached hydrogens (tertiary/aromatic N) is 4. The van der Waals surface area contributed by atoms with Crippen LogP contribution in [0.25, 0.3) is 22.4 Å². The van der Waals surface area contributed by atoms with Gasteiger partial charge in [0.1, 0.15) is 12.5 Å². The first-order chi connectivity index (χ1) is 28.0. The Morgan fingerprint density at radius 2 is 1.55 bits per heavy atom. The molecule has 20 heteroatoms. The normalized spacial score (nSPS) is 12.5. The van der Waals surface area contributed by atoms with Crippen LogP contribution in [0.4, 0.5) is 29.1 Å². The van der Waals surface area contributed by atoms with Gasteiger partial charge in [0.2, 0.25) is 0 Å². The molecule has 0 amide bonds. The summed E-state index contributed by atoms with van der Waals surface area (Å²) in [5, 5.41) is 17.5. The Morgan fingerprint density at radius 1 is 0.900 bits per heavy atom. The molecule has 5 aromatic rings. The van der Waals surface area contributed by atoms with Crippen LogP contribution in [-0.4, -0.2) is 81.6 Å². The summed E-state index contributed by atoms with van der Waals surface area (Å²) in [6.07, 6.45) is -6.26. The molecule has 0 aliphatic rings. The molecule has 2 heterocycles. The van der Waals surface area contributed by atoms with Gasteiger partial charge in [-0.25, -0.2) is 32.3 Å². The standard InChI is InChI=1S/C40H50F4N6O7SSi2/c1-26-12-8-11-15-33(26)58(53,54)49-31-14-10-9-13-27(31)23-45-37-34-35(39(51)52)48-50(24-55-16-18-59(2,3)4)38(34)47-36(46-37)29-21-30(41)32(20-28(29)22-40(42,43)44)57-25-56-17-19-60(5,6)7/h8-15,20-21,49H,16-19,22-25H2,1-7H3,(H,51,52)(H,45,46,47). The van der Waals surface area contributed by atoms with Crippen LogP contribution in [0, 0.1) is 12.7 Å². The van der Waals surface area contributed by atoms with Crippen molar-refractivity contribution in [3.8, 4) is 17.1 Å². The van der Waals surface area contributed by atoms with Crippen molar-refractivity contribution in [2.75, 3.05) is 30.0 Å². The van der Waals surface area contributed by atoms with E-state index >= 15 is 4.39 Å². The molecule has 0 radical (unpaired) electrons. The molecule has 0 atom stereocenters. The molecule has 13 nitrogen and oxygen atoms in total. The van der Waals surface area contributed by atoms with Crippen molar-refractivity contribution in [1.82, 2.24) is 19.7 Å². The summed E-state index contributed by atoms with van der Waals surface area (Å²) in [6.45, 7) is 14.4. The fourth-order valence-corrected chi connectivity index (χ4v) is 8.78. The Labute approximate surface area is 348 Å². The highest BCUT2D eigenvalue weighted by Crippen LogP contribution is 2.36. The fraction of sp³-hybridized carbons (Fsp3) is 0.400. The minimum absolute atomic E-state index is 0.0633. The van der Waals surface area contributed by atoms with E-state index in [1.165, 1.54) is 10.7 Å². The van der Waals surface area contributed by atoms with E-state index in [1.807, 2.05) is 0 Å². The number of nitrogens with one attached hydrogen (secondary N) is 2. The minimum atomic E-state index is -4.75. The number of hydrogen-bond donors (Lipinski definition) is 3. The quantitative estimate of drug-likeness (QED) is 0.0295. The average molecular weight is 891 g/mol. The number of fused-ring (bicyclic) bond motifs is 1. The van der Waals surface area contributed by atoms with Gasteiger partial charge < -0.3 is 24.6 Å². The monoisotopic (exact) mass is 890 g/mol. The van der Waals surface area contributed by atoms with E-state index < -0.39 is 67.6 Å². The van der Waals surface area contributed by atoms with Crippen LogP contribution < -0.4 is 14.8 Å². The number of anilines is 2. The van der Waals surface area contributed by atoms with E-state index in [2.05, 4.69) is 64.4 Å². The number of halogens is 4. The Bertz CT molecular complexity index is 2440. The molecule has 0 aliphatic heterocycles. The van der Waals surface area contributed by atoms with Crippen LogP contribution in [0.1, 0.15) is 27.2 Å². The minimum Gasteiger partial charge on any atom is -0.476 e. The van der Waals surface area contributed by atoms with E-state index in [9.17, 15) is 31.5 Å². The first-order valence-corrected chi connectivity index (χ1v) is 28.0. The van der Waals surface area contributed by atoms with Gasteiger partial charge in [-0.2, -0.15) is 18.3 Å². The molecule has 324 valence electrons. The van der Waals surface area contributed by atoms with Gasteiger partial charge in [-0.05, 0) is 60.0 Å². The Balaban J connectivity index is 1.60. The van der Waals surface area contributed by atoms with Gasteiger partial charge in [-0.15, -0.1) is 0 Å². The summed E-state index contributed by atoms with van der Waals surface area (Å²) >= 11 is 0. The second-order valence-corrected chi connectivity index (χ2v) is 29.6. The van der Waals surface area contributed by atoms with E-state index in [0.717, 1.165) is 24.2 Å². The third-order valence-corrected chi connectivity index (χ3v) is 14.1. The van der Waals surface area contributed by atoms with Gasteiger partial charge in [0, 0.05) is 41.5 Å². The maximum Gasteiger partial charge on any atom is 0.393 e. The number of benzene rings is 3. The number of aromatic carboxylic acids is 1. The number of ether oxygens (including phenoxy) is 3. The molecule has 3 N–H and O–H groups in total. The third-order valence-electron chi connectivity index (χ3n) is 9.18. The lowest BCUT2D eigenvalue weighted by Crippen LogP contribution is -2.22. The molecule has 0 saturated carbocycles. The second-order valence-electron chi connectivity index (χ2n) is 16.7. The number of aryl methyl sites for hydroxylation is 1. The lowest BCUT2D eigenvalue weighted by Gasteiger charge is -2.18. The zero-order valence-corrected chi connectivity index (χ0v) is 37.4. The third kappa shape index (κ3) is 12.6. The molecule has 3 aromatic carbocycles. The highest BCUT2D eigenvalue weighted by Gasteiger charge is 2.32. The number of para-hydroxylation sites is 1. The van der Waals surface area contributed by atoms with Gasteiger partial charge in [0.05, 0.1) is 22.4 Å². The summed E-state index contributed by atoms with van der Waals surface area (Å²) < 4.78 is 106. The molecule has 5 rings (SSSR count). The zero-order chi connectivity index (χ0) is 44.0. The summed E-state index contributed by atoms with van der Waals surface area (Å²) in [4.78, 5) is 21.7. The van der Waals surface area contributed by atoms with Crippen LogP contribution >= 0.6 is 0 Å². The molecule has 0 bridgehead atoms. The first-order valence-electron chi connectivity index (χ1n) is 19.1. The Morgan fingerprint density at radius 3 is 2.20 bits per heavy atom. The molecular weight excluding hydrogens is 841 g/mol. The van der Waals surface area contributed by atoms with E-state index in [4.69, 9.17) is 14.2 Å². The summed E-state index contributed by atoms with van der Waals surface area (Å²) in [7, 11) is -7.04. The van der Waals surface area contributed by atoms with Crippen molar-refractivity contribution < 1.29 is 50.1 Å². The molecule has 0 spiro atoms. The largest absolute Gasteiger partial charge is 0.476 e. The molecule has 0 saturated heterocycles. The lowest BCUT2D eigenvalue weighted by atomic mass is 10.0. The number of carboxylic acid groups (broad SMARTS) is 1. The second kappa shape index (κ2) is 18.8. The van der Waals surface area contributed by atoms with Crippen LogP contribution in [0.3, 0.4) is 0 Å². The predicted molar refractivity (Wildman–Crippen MR) is 227 cm³/mol. The number of rotatable bonds is 20. The number of alkyl halides is 3. The van der Waals surface area contributed by atoms with E-state index in [-0.39, 0.29) is 58.9 Å². The van der Waals surface area contributed by atoms with Gasteiger partial charge in [-0.3, -0.25) is 4.72 Å². The van der Waals surface area contributed by atoms with Gasteiger partial charge in [-0.1, -0.05) is 75.7 Å². The number of carboxylic acids is 1. The van der Waals surface area contributed by atoms with Crippen molar-refractivity contribution in [3.63, 3.8) is 0 Å². The molecule has 2 aromatic heterocycles. The van der Waals surface area contributed by atoms with Crippen molar-refractivity contribution in [3.05, 3.63) is 88.9 Å². The topological polar surface area (TPSA) is 167 Å². The Kier molecular flexibility index (Phi) is 14.5. The molecule has 60 heavy (non-hydrogen) atoms. The van der Waals surface area contributed by atoms with Crippen molar-refractivity contribution >= 4 is 54.7 Å². The maximum absolute atomic E-state index is 15.8. The zero-order valence-electron chi connectivity index (χ0n) is 34.5. The van der Waals surface area contributed by atoms with Crippen LogP contribution in [0.15, 0.2) is 65.6 Å². The predicted octanol–water partition coefficient (Wildman–Crippen LogP) is 9.16. The number of hydrogen-bond acceptors (Lipinski definition) is 10. The smallest absolute Gasteiger partial charge is 0.393 e. The molecule has 0 unspecified atom stereocenters. The maximum atomic E-state index is 15.8. The molecule has 0 aliphatic carbocycles. The highest BCUT2D eigenvalue weighted by molar-refractivity contribution is 7.92.